The minimum atomic E-state index is -5.03. The van der Waals surface area contributed by atoms with Gasteiger partial charge in [0.15, 0.2) is 5.60 Å². The number of benzene rings is 2. The van der Waals surface area contributed by atoms with Crippen LogP contribution in [0.2, 0.25) is 0 Å². The average molecular weight is 373 g/mol. The Morgan fingerprint density at radius 3 is 1.96 bits per heavy atom. The third-order valence-corrected chi connectivity index (χ3v) is 5.10. The molecule has 0 heterocycles. The second-order valence-electron chi connectivity index (χ2n) is 5.60. The van der Waals surface area contributed by atoms with Crippen molar-refractivity contribution >= 4 is 10.0 Å². The van der Waals surface area contributed by atoms with Crippen molar-refractivity contribution in [3.05, 3.63) is 71.8 Å². The molecule has 0 spiro atoms. The maximum absolute atomic E-state index is 13.3. The van der Waals surface area contributed by atoms with E-state index in [1.807, 2.05) is 4.72 Å². The van der Waals surface area contributed by atoms with Gasteiger partial charge in [0.05, 0.1) is 12.3 Å². The van der Waals surface area contributed by atoms with Gasteiger partial charge in [-0.2, -0.15) is 13.2 Å². The Kier molecular flexibility index (Phi) is 5.87. The summed E-state index contributed by atoms with van der Waals surface area (Å²) in [7, 11) is -3.99. The fourth-order valence-corrected chi connectivity index (χ4v) is 3.34. The van der Waals surface area contributed by atoms with Crippen molar-refractivity contribution in [3.8, 4) is 0 Å². The maximum atomic E-state index is 13.3. The molecule has 0 aliphatic heterocycles. The molecule has 0 amide bonds. The lowest BCUT2D eigenvalue weighted by Gasteiger charge is -2.31. The molecule has 25 heavy (non-hydrogen) atoms. The molecule has 8 heteroatoms. The smallest absolute Gasteiger partial charge is 0.375 e. The predicted octanol–water partition coefficient (Wildman–Crippen LogP) is 2.60. The number of nitrogens with one attached hydrogen (secondary N) is 1. The third-order valence-electron chi connectivity index (χ3n) is 3.77. The van der Waals surface area contributed by atoms with Crippen LogP contribution in [0.4, 0.5) is 13.2 Å². The van der Waals surface area contributed by atoms with Crippen molar-refractivity contribution in [2.24, 2.45) is 0 Å². The van der Waals surface area contributed by atoms with E-state index in [1.165, 1.54) is 18.2 Å². The minimum Gasteiger partial charge on any atom is -0.375 e. The zero-order chi connectivity index (χ0) is 18.6. The number of rotatable bonds is 7. The van der Waals surface area contributed by atoms with Crippen LogP contribution >= 0.6 is 0 Å². The van der Waals surface area contributed by atoms with E-state index < -0.39 is 33.9 Å². The summed E-state index contributed by atoms with van der Waals surface area (Å²) < 4.78 is 65.9. The standard InChI is InChI=1S/C17H18F3NO3S/c18-17(19,20)16(22,15-9-5-2-6-10-15)13-21-25(23,24)12-11-14-7-3-1-4-8-14/h1-10,21-22H,11-13H2. The van der Waals surface area contributed by atoms with E-state index in [0.717, 1.165) is 17.7 Å². The molecular weight excluding hydrogens is 355 g/mol. The van der Waals surface area contributed by atoms with Gasteiger partial charge in [0.2, 0.25) is 10.0 Å². The lowest BCUT2D eigenvalue weighted by molar-refractivity contribution is -0.263. The molecule has 0 aromatic heterocycles. The minimum absolute atomic E-state index is 0.159. The van der Waals surface area contributed by atoms with E-state index in [2.05, 4.69) is 0 Å². The maximum Gasteiger partial charge on any atom is 0.422 e. The Labute approximate surface area is 144 Å². The largest absolute Gasteiger partial charge is 0.422 e. The van der Waals surface area contributed by atoms with E-state index in [-0.39, 0.29) is 12.2 Å². The number of hydrogen-bond acceptors (Lipinski definition) is 3. The fourth-order valence-electron chi connectivity index (χ4n) is 2.26. The van der Waals surface area contributed by atoms with Gasteiger partial charge in [-0.1, -0.05) is 60.7 Å². The summed E-state index contributed by atoms with van der Waals surface area (Å²) in [5.74, 6) is -0.375. The lowest BCUT2D eigenvalue weighted by atomic mass is 9.93. The molecule has 0 bridgehead atoms. The SMILES string of the molecule is O=S(=O)(CCc1ccccc1)NCC(O)(c1ccccc1)C(F)(F)F. The number of aliphatic hydroxyl groups is 1. The number of alkyl halides is 3. The summed E-state index contributed by atoms with van der Waals surface area (Å²) in [6.07, 6.45) is -4.87. The van der Waals surface area contributed by atoms with Crippen molar-refractivity contribution in [2.45, 2.75) is 18.2 Å². The number of aryl methyl sites for hydroxylation is 1. The van der Waals surface area contributed by atoms with Crippen LogP contribution in [0.15, 0.2) is 60.7 Å². The molecule has 0 saturated carbocycles. The summed E-state index contributed by atoms with van der Waals surface area (Å²) in [4.78, 5) is 0. The monoisotopic (exact) mass is 373 g/mol. The van der Waals surface area contributed by atoms with Crippen molar-refractivity contribution in [3.63, 3.8) is 0 Å². The van der Waals surface area contributed by atoms with Crippen molar-refractivity contribution < 1.29 is 26.7 Å². The van der Waals surface area contributed by atoms with Crippen molar-refractivity contribution in [2.75, 3.05) is 12.3 Å². The molecule has 0 aliphatic rings. The van der Waals surface area contributed by atoms with Gasteiger partial charge in [-0.25, -0.2) is 13.1 Å². The molecule has 0 radical (unpaired) electrons. The number of halogens is 3. The van der Waals surface area contributed by atoms with Gasteiger partial charge in [0, 0.05) is 0 Å². The summed E-state index contributed by atoms with van der Waals surface area (Å²) in [5, 5.41) is 10.1. The molecule has 2 aromatic rings. The van der Waals surface area contributed by atoms with Gasteiger partial charge >= 0.3 is 6.18 Å². The van der Waals surface area contributed by atoms with Crippen LogP contribution in [0, 0.1) is 0 Å². The highest BCUT2D eigenvalue weighted by atomic mass is 32.2. The van der Waals surface area contributed by atoms with Gasteiger partial charge in [-0.15, -0.1) is 0 Å². The van der Waals surface area contributed by atoms with E-state index >= 15 is 0 Å². The zero-order valence-corrected chi connectivity index (χ0v) is 14.0. The topological polar surface area (TPSA) is 66.4 Å². The normalized spacial score (nSPS) is 14.9. The van der Waals surface area contributed by atoms with E-state index in [1.54, 1.807) is 30.3 Å². The van der Waals surface area contributed by atoms with Crippen LogP contribution < -0.4 is 4.72 Å². The summed E-state index contributed by atoms with van der Waals surface area (Å²) in [6, 6.07) is 15.1. The Morgan fingerprint density at radius 1 is 0.920 bits per heavy atom. The first-order chi connectivity index (χ1) is 11.6. The third kappa shape index (κ3) is 5.04. The molecule has 0 aliphatic carbocycles. The first-order valence-electron chi connectivity index (χ1n) is 7.50. The highest BCUT2D eigenvalue weighted by molar-refractivity contribution is 7.89. The summed E-state index contributed by atoms with van der Waals surface area (Å²) >= 11 is 0. The lowest BCUT2D eigenvalue weighted by Crippen LogP contribution is -2.51. The first-order valence-corrected chi connectivity index (χ1v) is 9.15. The Hall–Kier alpha value is -1.90. The Morgan fingerprint density at radius 2 is 1.44 bits per heavy atom. The van der Waals surface area contributed by atoms with Crippen LogP contribution in [0.25, 0.3) is 0 Å². The van der Waals surface area contributed by atoms with Crippen LogP contribution in [-0.4, -0.2) is 32.0 Å². The average Bonchev–Trinajstić information content (AvgIpc) is 2.59. The molecule has 136 valence electrons. The summed E-state index contributed by atoms with van der Waals surface area (Å²) in [5.41, 5.74) is -2.97. The highest BCUT2D eigenvalue weighted by Crippen LogP contribution is 2.38. The van der Waals surface area contributed by atoms with Gasteiger partial charge in [0.1, 0.15) is 0 Å². The zero-order valence-electron chi connectivity index (χ0n) is 13.2. The molecule has 2 aromatic carbocycles. The molecule has 1 atom stereocenters. The number of hydrogen-bond donors (Lipinski definition) is 2. The van der Waals surface area contributed by atoms with Crippen LogP contribution in [0.3, 0.4) is 0 Å². The highest BCUT2D eigenvalue weighted by Gasteiger charge is 2.55. The molecule has 2 N–H and O–H groups in total. The van der Waals surface area contributed by atoms with Crippen molar-refractivity contribution in [1.82, 2.24) is 4.72 Å². The molecule has 0 fully saturated rings. The fraction of sp³-hybridized carbons (Fsp3) is 0.294. The Bertz CT molecular complexity index is 780. The van der Waals surface area contributed by atoms with Crippen molar-refractivity contribution in [1.29, 1.82) is 0 Å². The van der Waals surface area contributed by atoms with E-state index in [0.29, 0.717) is 0 Å². The molecule has 2 rings (SSSR count). The second kappa shape index (κ2) is 7.55. The van der Waals surface area contributed by atoms with Crippen LogP contribution in [0.1, 0.15) is 11.1 Å². The van der Waals surface area contributed by atoms with Gasteiger partial charge in [-0.05, 0) is 17.5 Å². The quantitative estimate of drug-likeness (QED) is 0.784. The second-order valence-corrected chi connectivity index (χ2v) is 7.53. The van der Waals surface area contributed by atoms with Gasteiger partial charge in [0.25, 0.3) is 0 Å². The van der Waals surface area contributed by atoms with Gasteiger partial charge in [-0.3, -0.25) is 0 Å². The van der Waals surface area contributed by atoms with E-state index in [9.17, 15) is 26.7 Å². The first kappa shape index (κ1) is 19.4. The Balaban J connectivity index is 2.10. The van der Waals surface area contributed by atoms with Crippen LogP contribution in [-0.2, 0) is 22.0 Å². The van der Waals surface area contributed by atoms with Gasteiger partial charge < -0.3 is 5.11 Å². The van der Waals surface area contributed by atoms with Crippen LogP contribution in [0.5, 0.6) is 0 Å². The molecule has 0 saturated heterocycles. The summed E-state index contributed by atoms with van der Waals surface area (Å²) in [6.45, 7) is -1.18. The van der Waals surface area contributed by atoms with E-state index in [4.69, 9.17) is 0 Å². The molecule has 1 unspecified atom stereocenters. The molecule has 4 nitrogen and oxygen atoms in total. The predicted molar refractivity (Wildman–Crippen MR) is 88.3 cm³/mol. The molecular formula is C17H18F3NO3S. The number of sulfonamides is 1.